The van der Waals surface area contributed by atoms with Gasteiger partial charge in [-0.1, -0.05) is 12.1 Å². The van der Waals surface area contributed by atoms with Gasteiger partial charge in [-0.2, -0.15) is 5.10 Å². The quantitative estimate of drug-likeness (QED) is 0.932. The smallest absolute Gasteiger partial charge is 0.255 e. The van der Waals surface area contributed by atoms with Gasteiger partial charge in [0.25, 0.3) is 5.91 Å². The predicted molar refractivity (Wildman–Crippen MR) is 72.7 cm³/mol. The van der Waals surface area contributed by atoms with Crippen LogP contribution in [0.1, 0.15) is 34.5 Å². The van der Waals surface area contributed by atoms with Crippen LogP contribution in [0.4, 0.5) is 4.39 Å². The second-order valence-electron chi connectivity index (χ2n) is 4.99. The molecular weight excluding hydrogens is 257 g/mol. The van der Waals surface area contributed by atoms with Crippen LogP contribution in [0, 0.1) is 5.82 Å². The number of halogens is 1. The Hall–Kier alpha value is -2.17. The molecule has 20 heavy (non-hydrogen) atoms. The monoisotopic (exact) mass is 273 g/mol. The molecule has 5 heteroatoms. The molecule has 1 N–H and O–H groups in total. The van der Waals surface area contributed by atoms with Crippen molar-refractivity contribution in [2.75, 3.05) is 0 Å². The molecule has 1 aliphatic heterocycles. The Kier molecular flexibility index (Phi) is 3.50. The van der Waals surface area contributed by atoms with Crippen molar-refractivity contribution in [1.29, 1.82) is 0 Å². The van der Waals surface area contributed by atoms with Crippen LogP contribution >= 0.6 is 0 Å². The van der Waals surface area contributed by atoms with Gasteiger partial charge < -0.3 is 5.32 Å². The number of rotatable bonds is 3. The van der Waals surface area contributed by atoms with Gasteiger partial charge >= 0.3 is 0 Å². The van der Waals surface area contributed by atoms with E-state index in [2.05, 4.69) is 10.4 Å². The van der Waals surface area contributed by atoms with Gasteiger partial charge in [0.2, 0.25) is 0 Å². The van der Waals surface area contributed by atoms with Gasteiger partial charge in [0.15, 0.2) is 0 Å². The highest BCUT2D eigenvalue weighted by Crippen LogP contribution is 2.18. The second-order valence-corrected chi connectivity index (χ2v) is 4.99. The van der Waals surface area contributed by atoms with Crippen LogP contribution < -0.4 is 5.32 Å². The Labute approximate surface area is 116 Å². The van der Waals surface area contributed by atoms with Crippen molar-refractivity contribution in [2.45, 2.75) is 32.4 Å². The number of hydrogen-bond acceptors (Lipinski definition) is 2. The molecule has 1 aromatic carbocycles. The second kappa shape index (κ2) is 5.45. The average Bonchev–Trinajstić information content (AvgIpc) is 2.90. The lowest BCUT2D eigenvalue weighted by molar-refractivity contribution is 0.0949. The largest absolute Gasteiger partial charge is 0.348 e. The molecule has 0 aliphatic carbocycles. The molecule has 1 aromatic heterocycles. The molecule has 0 spiro atoms. The summed E-state index contributed by atoms with van der Waals surface area (Å²) in [6, 6.07) is 6.12. The van der Waals surface area contributed by atoms with Crippen molar-refractivity contribution in [3.8, 4) is 0 Å². The lowest BCUT2D eigenvalue weighted by Gasteiger charge is -2.14. The summed E-state index contributed by atoms with van der Waals surface area (Å²) >= 11 is 0. The van der Waals surface area contributed by atoms with E-state index in [9.17, 15) is 9.18 Å². The van der Waals surface area contributed by atoms with Crippen LogP contribution in [-0.4, -0.2) is 15.7 Å². The normalized spacial score (nSPS) is 13.8. The molecule has 0 bridgehead atoms. The maximum absolute atomic E-state index is 12.8. The highest BCUT2D eigenvalue weighted by atomic mass is 19.1. The third-order valence-corrected chi connectivity index (χ3v) is 3.59. The van der Waals surface area contributed by atoms with E-state index in [0.717, 1.165) is 37.1 Å². The first-order valence-corrected chi connectivity index (χ1v) is 6.81. The molecule has 0 atom stereocenters. The number of aromatic nitrogens is 2. The maximum atomic E-state index is 12.8. The van der Waals surface area contributed by atoms with Gasteiger partial charge in [-0.15, -0.1) is 0 Å². The lowest BCUT2D eigenvalue weighted by atomic mass is 10.1. The van der Waals surface area contributed by atoms with Crippen LogP contribution in [-0.2, 0) is 19.5 Å². The number of amides is 1. The van der Waals surface area contributed by atoms with Crippen molar-refractivity contribution in [1.82, 2.24) is 15.1 Å². The summed E-state index contributed by atoms with van der Waals surface area (Å²) in [5.74, 6) is -0.386. The van der Waals surface area contributed by atoms with Gasteiger partial charge in [0.05, 0.1) is 17.5 Å². The molecule has 0 unspecified atom stereocenters. The Morgan fingerprint density at radius 3 is 2.90 bits per heavy atom. The zero-order chi connectivity index (χ0) is 13.9. The Morgan fingerprint density at radius 1 is 1.30 bits per heavy atom. The van der Waals surface area contributed by atoms with E-state index in [1.165, 1.54) is 12.1 Å². The number of aryl methyl sites for hydroxylation is 1. The zero-order valence-corrected chi connectivity index (χ0v) is 11.1. The van der Waals surface area contributed by atoms with Crippen LogP contribution in [0.25, 0.3) is 0 Å². The van der Waals surface area contributed by atoms with E-state index >= 15 is 0 Å². The summed E-state index contributed by atoms with van der Waals surface area (Å²) in [5.41, 5.74) is 2.56. The van der Waals surface area contributed by atoms with Gasteiger partial charge in [0.1, 0.15) is 5.82 Å². The molecule has 0 saturated heterocycles. The maximum Gasteiger partial charge on any atom is 0.255 e. The SMILES string of the molecule is O=C(NCc1ccc(F)cc1)c1cnn2c1CCCC2. The van der Waals surface area contributed by atoms with E-state index in [1.54, 1.807) is 18.3 Å². The fraction of sp³-hybridized carbons (Fsp3) is 0.333. The summed E-state index contributed by atoms with van der Waals surface area (Å²) < 4.78 is 14.7. The Morgan fingerprint density at radius 2 is 2.10 bits per heavy atom. The van der Waals surface area contributed by atoms with E-state index in [4.69, 9.17) is 0 Å². The third kappa shape index (κ3) is 2.57. The van der Waals surface area contributed by atoms with Crippen LogP contribution in [0.15, 0.2) is 30.5 Å². The highest BCUT2D eigenvalue weighted by molar-refractivity contribution is 5.95. The van der Waals surface area contributed by atoms with Crippen LogP contribution in [0.2, 0.25) is 0 Å². The highest BCUT2D eigenvalue weighted by Gasteiger charge is 2.19. The van der Waals surface area contributed by atoms with Crippen molar-refractivity contribution < 1.29 is 9.18 Å². The third-order valence-electron chi connectivity index (χ3n) is 3.59. The fourth-order valence-corrected chi connectivity index (χ4v) is 2.49. The fourth-order valence-electron chi connectivity index (χ4n) is 2.49. The van der Waals surface area contributed by atoms with Gasteiger partial charge in [-0.25, -0.2) is 4.39 Å². The standard InChI is InChI=1S/C15H16FN3O/c16-12-6-4-11(5-7-12)9-17-15(20)13-10-18-19-8-2-1-3-14(13)19/h4-7,10H,1-3,8-9H2,(H,17,20). The minimum Gasteiger partial charge on any atom is -0.348 e. The van der Waals surface area contributed by atoms with E-state index in [-0.39, 0.29) is 11.7 Å². The molecule has 0 radical (unpaired) electrons. The number of benzene rings is 1. The van der Waals surface area contributed by atoms with Crippen molar-refractivity contribution in [3.05, 3.63) is 53.1 Å². The van der Waals surface area contributed by atoms with Gasteiger partial charge in [-0.05, 0) is 37.0 Å². The molecule has 3 rings (SSSR count). The van der Waals surface area contributed by atoms with Crippen LogP contribution in [0.5, 0.6) is 0 Å². The number of carbonyl (C=O) groups is 1. The summed E-state index contributed by atoms with van der Waals surface area (Å²) in [7, 11) is 0. The summed E-state index contributed by atoms with van der Waals surface area (Å²) in [6.45, 7) is 1.28. The van der Waals surface area contributed by atoms with E-state index in [1.807, 2.05) is 4.68 Å². The topological polar surface area (TPSA) is 46.9 Å². The first-order chi connectivity index (χ1) is 9.74. The van der Waals surface area contributed by atoms with E-state index in [0.29, 0.717) is 12.1 Å². The van der Waals surface area contributed by atoms with Crippen molar-refractivity contribution in [2.24, 2.45) is 0 Å². The molecule has 0 fully saturated rings. The van der Waals surface area contributed by atoms with E-state index < -0.39 is 0 Å². The van der Waals surface area contributed by atoms with Gasteiger partial charge in [-0.3, -0.25) is 9.48 Å². The lowest BCUT2D eigenvalue weighted by Crippen LogP contribution is -2.24. The van der Waals surface area contributed by atoms with Gasteiger partial charge in [0, 0.05) is 13.1 Å². The average molecular weight is 273 g/mol. The molecule has 1 amide bonds. The zero-order valence-electron chi connectivity index (χ0n) is 11.1. The Bertz CT molecular complexity index is 619. The first kappa shape index (κ1) is 12.8. The molecule has 2 heterocycles. The number of fused-ring (bicyclic) bond motifs is 1. The van der Waals surface area contributed by atoms with Crippen molar-refractivity contribution >= 4 is 5.91 Å². The summed E-state index contributed by atoms with van der Waals surface area (Å²) in [4.78, 5) is 12.2. The summed E-state index contributed by atoms with van der Waals surface area (Å²) in [5, 5.41) is 7.11. The molecule has 0 saturated carbocycles. The Balaban J connectivity index is 1.67. The predicted octanol–water partition coefficient (Wildman–Crippen LogP) is 2.29. The number of nitrogens with zero attached hydrogens (tertiary/aromatic N) is 2. The molecule has 2 aromatic rings. The van der Waals surface area contributed by atoms with Crippen LogP contribution in [0.3, 0.4) is 0 Å². The molecule has 4 nitrogen and oxygen atoms in total. The minimum atomic E-state index is -0.272. The number of carbonyl (C=O) groups excluding carboxylic acids is 1. The molecule has 1 aliphatic rings. The number of hydrogen-bond donors (Lipinski definition) is 1. The molecular formula is C15H16FN3O. The number of nitrogens with one attached hydrogen (secondary N) is 1. The van der Waals surface area contributed by atoms with Crippen molar-refractivity contribution in [3.63, 3.8) is 0 Å². The first-order valence-electron chi connectivity index (χ1n) is 6.81. The summed E-state index contributed by atoms with van der Waals surface area (Å²) in [6.07, 6.45) is 4.76. The molecule has 104 valence electrons. The minimum absolute atomic E-state index is 0.113.